The highest BCUT2D eigenvalue weighted by Crippen LogP contribution is 2.29. The van der Waals surface area contributed by atoms with E-state index in [0.717, 1.165) is 35.4 Å². The number of ether oxygens (including phenoxy) is 2. The molecule has 2 rings (SSSR count). The fraction of sp³-hybridized carbons (Fsp3) is 0.500. The van der Waals surface area contributed by atoms with Crippen molar-refractivity contribution in [1.29, 1.82) is 0 Å². The van der Waals surface area contributed by atoms with E-state index < -0.39 is 48.0 Å². The minimum Gasteiger partial charge on any atom is -0.374 e. The smallest absolute Gasteiger partial charge is 0.374 e. The molecule has 2 atom stereocenters. The number of amides is 4. The molecule has 0 bridgehead atoms. The lowest BCUT2D eigenvalue weighted by atomic mass is 10.3. The van der Waals surface area contributed by atoms with E-state index in [-0.39, 0.29) is 11.5 Å². The van der Waals surface area contributed by atoms with Crippen molar-refractivity contribution in [3.8, 4) is 0 Å². The van der Waals surface area contributed by atoms with E-state index >= 15 is 0 Å². The highest BCUT2D eigenvalue weighted by atomic mass is 33.1. The number of nitrogens with zero attached hydrogens (tertiary/aromatic N) is 2. The number of cyclic esters (lactones) is 4. The molecule has 0 aromatic heterocycles. The van der Waals surface area contributed by atoms with Crippen molar-refractivity contribution in [2.75, 3.05) is 11.5 Å². The maximum Gasteiger partial charge on any atom is 0.425 e. The van der Waals surface area contributed by atoms with Crippen molar-refractivity contribution in [2.24, 2.45) is 0 Å². The summed E-state index contributed by atoms with van der Waals surface area (Å²) in [6.07, 6.45) is -2.04. The molecule has 2 unspecified atom stereocenters. The molecule has 130 valence electrons. The van der Waals surface area contributed by atoms with Crippen molar-refractivity contribution < 1.29 is 38.2 Å². The Bertz CT molecular complexity index is 583. The van der Waals surface area contributed by atoms with E-state index in [1.165, 1.54) is 0 Å². The first-order valence-electron chi connectivity index (χ1n) is 6.59. The largest absolute Gasteiger partial charge is 0.425 e. The topological polar surface area (TPSA) is 127 Å². The summed E-state index contributed by atoms with van der Waals surface area (Å²) in [5, 5.41) is 0. The van der Waals surface area contributed by atoms with Crippen LogP contribution in [0, 0.1) is 0 Å². The SMILES string of the molecule is CC(=O)N1C(=O)OC(=O)C1CSSCC1C(=O)OC(=O)N1C(C)=O. The number of imide groups is 2. The van der Waals surface area contributed by atoms with Crippen LogP contribution in [-0.4, -0.2) is 69.3 Å². The van der Waals surface area contributed by atoms with Gasteiger partial charge < -0.3 is 9.47 Å². The lowest BCUT2D eigenvalue weighted by molar-refractivity contribution is -0.137. The number of carbonyl (C=O) groups is 6. The van der Waals surface area contributed by atoms with Crippen LogP contribution in [-0.2, 0) is 28.7 Å². The number of hydrogen-bond acceptors (Lipinski definition) is 10. The first-order valence-corrected chi connectivity index (χ1v) is 9.08. The lowest BCUT2D eigenvalue weighted by Crippen LogP contribution is -2.40. The molecule has 0 spiro atoms. The molecule has 0 N–H and O–H groups in total. The first kappa shape index (κ1) is 18.3. The third kappa shape index (κ3) is 3.53. The number of esters is 2. The third-order valence-electron chi connectivity index (χ3n) is 3.15. The van der Waals surface area contributed by atoms with Crippen LogP contribution in [0.5, 0.6) is 0 Å². The van der Waals surface area contributed by atoms with Crippen LogP contribution in [0.2, 0.25) is 0 Å². The minimum absolute atomic E-state index is 0.0462. The quantitative estimate of drug-likeness (QED) is 0.283. The van der Waals surface area contributed by atoms with Gasteiger partial charge in [0.25, 0.3) is 0 Å². The van der Waals surface area contributed by atoms with Crippen LogP contribution in [0.25, 0.3) is 0 Å². The molecule has 2 aliphatic rings. The number of carbonyl (C=O) groups excluding carboxylic acids is 6. The molecule has 24 heavy (non-hydrogen) atoms. The van der Waals surface area contributed by atoms with Gasteiger partial charge >= 0.3 is 24.1 Å². The van der Waals surface area contributed by atoms with Gasteiger partial charge in [-0.15, -0.1) is 0 Å². The molecule has 2 fully saturated rings. The second-order valence-corrected chi connectivity index (χ2v) is 7.30. The lowest BCUT2D eigenvalue weighted by Gasteiger charge is -2.17. The molecule has 0 aromatic rings. The highest BCUT2D eigenvalue weighted by molar-refractivity contribution is 8.76. The Hall–Kier alpha value is -2.08. The van der Waals surface area contributed by atoms with Crippen molar-refractivity contribution in [2.45, 2.75) is 25.9 Å². The van der Waals surface area contributed by atoms with Gasteiger partial charge in [-0.3, -0.25) is 9.59 Å². The van der Waals surface area contributed by atoms with Crippen LogP contribution in [0.15, 0.2) is 0 Å². The zero-order valence-corrected chi connectivity index (χ0v) is 14.2. The molecule has 10 nitrogen and oxygen atoms in total. The van der Waals surface area contributed by atoms with Gasteiger partial charge in [0.2, 0.25) is 11.8 Å². The van der Waals surface area contributed by atoms with E-state index in [9.17, 15) is 28.8 Å². The Kier molecular flexibility index (Phi) is 5.49. The Labute approximate surface area is 143 Å². The maximum absolute atomic E-state index is 11.6. The summed E-state index contributed by atoms with van der Waals surface area (Å²) in [7, 11) is 2.19. The zero-order chi connectivity index (χ0) is 18.0. The molecule has 0 aliphatic carbocycles. The maximum atomic E-state index is 11.6. The van der Waals surface area contributed by atoms with E-state index in [2.05, 4.69) is 9.47 Å². The predicted octanol–water partition coefficient (Wildman–Crippen LogP) is 0.156. The van der Waals surface area contributed by atoms with Gasteiger partial charge in [-0.2, -0.15) is 0 Å². The molecule has 2 saturated heterocycles. The van der Waals surface area contributed by atoms with Gasteiger partial charge in [0, 0.05) is 25.4 Å². The number of rotatable bonds is 5. The Morgan fingerprint density at radius 2 is 1.17 bits per heavy atom. The first-order chi connectivity index (χ1) is 11.2. The molecule has 12 heteroatoms. The average Bonchev–Trinajstić information content (AvgIpc) is 2.90. The van der Waals surface area contributed by atoms with Gasteiger partial charge in [-0.05, 0) is 0 Å². The van der Waals surface area contributed by atoms with Gasteiger partial charge in [-0.1, -0.05) is 21.6 Å². The van der Waals surface area contributed by atoms with Crippen molar-refractivity contribution >= 4 is 57.5 Å². The molecular weight excluding hydrogens is 364 g/mol. The summed E-state index contributed by atoms with van der Waals surface area (Å²) in [6.45, 7) is 2.27. The summed E-state index contributed by atoms with van der Waals surface area (Å²) >= 11 is 0. The summed E-state index contributed by atoms with van der Waals surface area (Å²) in [4.78, 5) is 70.0. The third-order valence-corrected chi connectivity index (χ3v) is 5.54. The summed E-state index contributed by atoms with van der Waals surface area (Å²) in [5.74, 6) is -2.80. The van der Waals surface area contributed by atoms with Gasteiger partial charge in [0.05, 0.1) is 0 Å². The molecule has 0 radical (unpaired) electrons. The second kappa shape index (κ2) is 7.21. The fourth-order valence-electron chi connectivity index (χ4n) is 2.08. The molecule has 0 saturated carbocycles. The fourth-order valence-corrected chi connectivity index (χ4v) is 4.45. The van der Waals surface area contributed by atoms with E-state index in [1.54, 1.807) is 0 Å². The van der Waals surface area contributed by atoms with Crippen LogP contribution in [0.3, 0.4) is 0 Å². The zero-order valence-electron chi connectivity index (χ0n) is 12.5. The summed E-state index contributed by atoms with van der Waals surface area (Å²) in [6, 6.07) is -2.10. The van der Waals surface area contributed by atoms with Gasteiger partial charge in [0.1, 0.15) is 0 Å². The summed E-state index contributed by atoms with van der Waals surface area (Å²) < 4.78 is 8.78. The predicted molar refractivity (Wildman–Crippen MR) is 80.5 cm³/mol. The van der Waals surface area contributed by atoms with Crippen LogP contribution >= 0.6 is 21.6 Å². The Morgan fingerprint density at radius 3 is 1.46 bits per heavy atom. The van der Waals surface area contributed by atoms with Crippen LogP contribution < -0.4 is 0 Å². The van der Waals surface area contributed by atoms with Gasteiger partial charge in [0.15, 0.2) is 12.1 Å². The normalized spacial score (nSPS) is 23.6. The minimum atomic E-state index is -1.05. The van der Waals surface area contributed by atoms with Crippen LogP contribution in [0.4, 0.5) is 9.59 Å². The average molecular weight is 376 g/mol. The number of hydrogen-bond donors (Lipinski definition) is 0. The molecular formula is C12H12N2O8S2. The molecule has 0 aromatic carbocycles. The van der Waals surface area contributed by atoms with Crippen molar-refractivity contribution in [3.63, 3.8) is 0 Å². The van der Waals surface area contributed by atoms with Crippen LogP contribution in [0.1, 0.15) is 13.8 Å². The van der Waals surface area contributed by atoms with E-state index in [0.29, 0.717) is 9.80 Å². The monoisotopic (exact) mass is 376 g/mol. The Balaban J connectivity index is 1.88. The second-order valence-electron chi connectivity index (χ2n) is 4.75. The molecule has 4 amide bonds. The Morgan fingerprint density at radius 1 is 0.833 bits per heavy atom. The van der Waals surface area contributed by atoms with E-state index in [4.69, 9.17) is 0 Å². The molecule has 2 heterocycles. The summed E-state index contributed by atoms with van der Waals surface area (Å²) in [5.41, 5.74) is 0. The van der Waals surface area contributed by atoms with Crippen molar-refractivity contribution in [3.05, 3.63) is 0 Å². The molecule has 2 aliphatic heterocycles. The van der Waals surface area contributed by atoms with Gasteiger partial charge in [-0.25, -0.2) is 29.0 Å². The highest BCUT2D eigenvalue weighted by Gasteiger charge is 2.45. The van der Waals surface area contributed by atoms with Crippen molar-refractivity contribution in [1.82, 2.24) is 9.80 Å². The standard InChI is InChI=1S/C12H12N2O8S2/c1-5(15)13-7(9(17)21-11(13)19)3-23-24-4-8-10(18)22-12(20)14(8)6(2)16/h7-8H,3-4H2,1-2H3. The van der Waals surface area contributed by atoms with E-state index in [1.807, 2.05) is 0 Å².